The van der Waals surface area contributed by atoms with Gasteiger partial charge in [0.05, 0.1) is 11.4 Å². The molecule has 0 fully saturated rings. The van der Waals surface area contributed by atoms with Crippen molar-refractivity contribution in [2.24, 2.45) is 0 Å². The number of carbonyl (C=O) groups excluding carboxylic acids is 1. The van der Waals surface area contributed by atoms with Crippen LogP contribution in [-0.2, 0) is 4.79 Å². The molecule has 3 rings (SSSR count). The number of halogens is 2. The van der Waals surface area contributed by atoms with Gasteiger partial charge >= 0.3 is 5.97 Å². The lowest BCUT2D eigenvalue weighted by Crippen LogP contribution is -2.15. The predicted octanol–water partition coefficient (Wildman–Crippen LogP) is 4.32. The summed E-state index contributed by atoms with van der Waals surface area (Å²) in [6.07, 6.45) is 0. The third-order valence-electron chi connectivity index (χ3n) is 4.40. The van der Waals surface area contributed by atoms with Gasteiger partial charge < -0.3 is 10.2 Å². The molecule has 0 saturated carbocycles. The second kappa shape index (κ2) is 6.46. The lowest BCUT2D eigenvalue weighted by molar-refractivity contribution is -0.138. The Morgan fingerprint density at radius 1 is 1.23 bits per heavy atom. The first kappa shape index (κ1) is 17.9. The number of carboxylic acid groups (broad SMARTS) is 1. The normalized spacial score (nSPS) is 12.3. The average molecular weight is 376 g/mol. The number of phenolic OH excluding ortho intramolecular Hbond substituents is 1. The Hall–Kier alpha value is -2.86. The van der Waals surface area contributed by atoms with Crippen molar-refractivity contribution in [3.05, 3.63) is 64.1 Å². The lowest BCUT2D eigenvalue weighted by Gasteiger charge is -2.09. The van der Waals surface area contributed by atoms with Crippen LogP contribution in [0.1, 0.15) is 34.5 Å². The van der Waals surface area contributed by atoms with E-state index in [1.165, 1.54) is 17.6 Å². The highest BCUT2D eigenvalue weighted by Crippen LogP contribution is 2.36. The van der Waals surface area contributed by atoms with E-state index >= 15 is 0 Å². The van der Waals surface area contributed by atoms with E-state index in [4.69, 9.17) is 11.6 Å². The molecule has 1 atom stereocenters. The Kier molecular flexibility index (Phi) is 4.46. The summed E-state index contributed by atoms with van der Waals surface area (Å²) in [5.41, 5.74) is 1.18. The van der Waals surface area contributed by atoms with E-state index in [9.17, 15) is 24.2 Å². The number of phenols is 1. The van der Waals surface area contributed by atoms with Gasteiger partial charge in [0.15, 0.2) is 11.6 Å². The number of carboxylic acids is 1. The average Bonchev–Trinajstić information content (AvgIpc) is 2.85. The number of fused-ring (bicyclic) bond motifs is 1. The van der Waals surface area contributed by atoms with E-state index in [0.717, 1.165) is 12.1 Å². The van der Waals surface area contributed by atoms with Crippen molar-refractivity contribution in [1.82, 2.24) is 4.57 Å². The number of hydrogen-bond acceptors (Lipinski definition) is 3. The molecule has 0 radical (unpaired) electrons. The largest absolute Gasteiger partial charge is 0.505 e. The van der Waals surface area contributed by atoms with E-state index in [1.54, 1.807) is 25.1 Å². The van der Waals surface area contributed by atoms with Gasteiger partial charge in [-0.15, -0.1) is 0 Å². The van der Waals surface area contributed by atoms with Crippen molar-refractivity contribution < 1.29 is 24.2 Å². The highest BCUT2D eigenvalue weighted by Gasteiger charge is 2.27. The first-order valence-electron chi connectivity index (χ1n) is 7.79. The second-order valence-electron chi connectivity index (χ2n) is 6.03. The zero-order valence-corrected chi connectivity index (χ0v) is 14.7. The molecule has 0 aliphatic heterocycles. The molecule has 0 saturated heterocycles. The Balaban J connectivity index is 2.35. The summed E-state index contributed by atoms with van der Waals surface area (Å²) in [7, 11) is 0. The van der Waals surface area contributed by atoms with Gasteiger partial charge in [-0.1, -0.05) is 17.7 Å². The van der Waals surface area contributed by atoms with Gasteiger partial charge in [0.2, 0.25) is 0 Å². The fourth-order valence-corrected chi connectivity index (χ4v) is 3.32. The van der Waals surface area contributed by atoms with Crippen LogP contribution in [0.4, 0.5) is 4.39 Å². The molecule has 0 bridgehead atoms. The number of rotatable bonds is 3. The quantitative estimate of drug-likeness (QED) is 0.714. The molecule has 7 heteroatoms. The van der Waals surface area contributed by atoms with Gasteiger partial charge in [-0.2, -0.15) is 0 Å². The monoisotopic (exact) mass is 375 g/mol. The molecule has 5 nitrogen and oxygen atoms in total. The van der Waals surface area contributed by atoms with Crippen LogP contribution in [0.2, 0.25) is 5.02 Å². The molecule has 26 heavy (non-hydrogen) atoms. The minimum Gasteiger partial charge on any atom is -0.505 e. The number of aliphatic carboxylic acids is 1. The maximum atomic E-state index is 13.9. The molecule has 1 aromatic heterocycles. The van der Waals surface area contributed by atoms with Crippen LogP contribution >= 0.6 is 11.6 Å². The Bertz CT molecular complexity index is 1060. The van der Waals surface area contributed by atoms with Crippen molar-refractivity contribution in [2.75, 3.05) is 0 Å². The van der Waals surface area contributed by atoms with Gasteiger partial charge in [-0.3, -0.25) is 14.2 Å². The van der Waals surface area contributed by atoms with Crippen LogP contribution in [0.3, 0.4) is 0 Å². The van der Waals surface area contributed by atoms with Gasteiger partial charge in [-0.25, -0.2) is 4.39 Å². The Morgan fingerprint density at radius 3 is 2.54 bits per heavy atom. The van der Waals surface area contributed by atoms with E-state index in [-0.39, 0.29) is 11.1 Å². The summed E-state index contributed by atoms with van der Waals surface area (Å²) < 4.78 is 15.2. The number of aromatic nitrogens is 1. The van der Waals surface area contributed by atoms with E-state index in [0.29, 0.717) is 21.7 Å². The van der Waals surface area contributed by atoms with Crippen molar-refractivity contribution in [3.8, 4) is 5.75 Å². The highest BCUT2D eigenvalue weighted by molar-refractivity contribution is 6.31. The molecule has 0 aliphatic rings. The van der Waals surface area contributed by atoms with Crippen molar-refractivity contribution in [3.63, 3.8) is 0 Å². The SMILES string of the molecule is Cc1c(C(C)C(=O)O)c2cc(O)c(F)cc2n1C(=O)c1cccc(Cl)c1. The molecule has 0 aliphatic carbocycles. The third kappa shape index (κ3) is 2.82. The van der Waals surface area contributed by atoms with Gasteiger partial charge in [0.1, 0.15) is 0 Å². The van der Waals surface area contributed by atoms with Crippen LogP contribution in [0.25, 0.3) is 10.9 Å². The predicted molar refractivity (Wildman–Crippen MR) is 95.5 cm³/mol. The summed E-state index contributed by atoms with van der Waals surface area (Å²) in [6.45, 7) is 3.06. The molecule has 2 aromatic carbocycles. The van der Waals surface area contributed by atoms with Crippen LogP contribution in [-0.4, -0.2) is 26.7 Å². The Labute approximate surface area is 153 Å². The number of benzene rings is 2. The fraction of sp³-hybridized carbons (Fsp3) is 0.158. The van der Waals surface area contributed by atoms with Crippen molar-refractivity contribution in [2.45, 2.75) is 19.8 Å². The molecule has 1 heterocycles. The summed E-state index contributed by atoms with van der Waals surface area (Å²) in [4.78, 5) is 24.5. The molecule has 1 unspecified atom stereocenters. The minimum atomic E-state index is -1.09. The fourth-order valence-electron chi connectivity index (χ4n) is 3.13. The van der Waals surface area contributed by atoms with E-state index in [2.05, 4.69) is 0 Å². The van der Waals surface area contributed by atoms with Crippen LogP contribution in [0.15, 0.2) is 36.4 Å². The third-order valence-corrected chi connectivity index (χ3v) is 4.63. The first-order chi connectivity index (χ1) is 12.2. The van der Waals surface area contributed by atoms with Gasteiger partial charge in [-0.05, 0) is 43.7 Å². The maximum Gasteiger partial charge on any atom is 0.310 e. The zero-order valence-electron chi connectivity index (χ0n) is 14.0. The molecular weight excluding hydrogens is 361 g/mol. The highest BCUT2D eigenvalue weighted by atomic mass is 35.5. The first-order valence-corrected chi connectivity index (χ1v) is 8.16. The summed E-state index contributed by atoms with van der Waals surface area (Å²) in [6, 6.07) is 8.45. The number of carbonyl (C=O) groups is 2. The van der Waals surface area contributed by atoms with E-state index < -0.39 is 29.4 Å². The topological polar surface area (TPSA) is 79.5 Å². The van der Waals surface area contributed by atoms with Gasteiger partial charge in [0.25, 0.3) is 5.91 Å². The van der Waals surface area contributed by atoms with Crippen LogP contribution in [0.5, 0.6) is 5.75 Å². The molecule has 134 valence electrons. The molecule has 0 amide bonds. The summed E-state index contributed by atoms with van der Waals surface area (Å²) in [5.74, 6) is -4.01. The maximum absolute atomic E-state index is 13.9. The van der Waals surface area contributed by atoms with Crippen molar-refractivity contribution in [1.29, 1.82) is 0 Å². The smallest absolute Gasteiger partial charge is 0.310 e. The van der Waals surface area contributed by atoms with Gasteiger partial charge in [0, 0.05) is 27.7 Å². The van der Waals surface area contributed by atoms with Crippen molar-refractivity contribution >= 4 is 34.4 Å². The molecule has 2 N–H and O–H groups in total. The Morgan fingerprint density at radius 2 is 1.92 bits per heavy atom. The number of hydrogen-bond donors (Lipinski definition) is 2. The molecule has 3 aromatic rings. The zero-order chi connectivity index (χ0) is 19.2. The molecule has 0 spiro atoms. The van der Waals surface area contributed by atoms with E-state index in [1.807, 2.05) is 0 Å². The van der Waals surface area contributed by atoms with Crippen LogP contribution in [0, 0.1) is 12.7 Å². The second-order valence-corrected chi connectivity index (χ2v) is 6.47. The lowest BCUT2D eigenvalue weighted by atomic mass is 9.98. The van der Waals surface area contributed by atoms with Crippen LogP contribution < -0.4 is 0 Å². The summed E-state index contributed by atoms with van der Waals surface area (Å²) in [5, 5.41) is 19.8. The standard InChI is InChI=1S/C19H15ClFNO4/c1-9(19(25)26)17-10(2)22(15-8-14(21)16(23)7-13(15)17)18(24)11-4-3-5-12(20)6-11/h3-9,23H,1-2H3,(H,25,26). The number of nitrogens with zero attached hydrogens (tertiary/aromatic N) is 1. The minimum absolute atomic E-state index is 0.186. The summed E-state index contributed by atoms with van der Waals surface area (Å²) >= 11 is 5.95. The number of aromatic hydroxyl groups is 1. The molecular formula is C19H15ClFNO4.